The molecule has 37 heavy (non-hydrogen) atoms. The smallest absolute Gasteiger partial charge is 0.335 e. The molecule has 8 nitrogen and oxygen atoms in total. The topological polar surface area (TPSA) is 130 Å². The van der Waals surface area contributed by atoms with Gasteiger partial charge < -0.3 is 20.3 Å². The van der Waals surface area contributed by atoms with Crippen LogP contribution in [-0.2, 0) is 23.9 Å². The van der Waals surface area contributed by atoms with Crippen LogP contribution in [0.3, 0.4) is 0 Å². The van der Waals surface area contributed by atoms with Crippen molar-refractivity contribution in [1.29, 1.82) is 0 Å². The van der Waals surface area contributed by atoms with Gasteiger partial charge in [0.1, 0.15) is 11.5 Å². The summed E-state index contributed by atoms with van der Waals surface area (Å²) in [6, 6.07) is -0.205. The van der Waals surface area contributed by atoms with Gasteiger partial charge in [0.05, 0.1) is 12.4 Å². The lowest BCUT2D eigenvalue weighted by Crippen LogP contribution is -2.55. The maximum Gasteiger partial charge on any atom is 0.335 e. The fourth-order valence-corrected chi connectivity index (χ4v) is 7.46. The van der Waals surface area contributed by atoms with Crippen molar-refractivity contribution < 1.29 is 34.1 Å². The van der Waals surface area contributed by atoms with Crippen LogP contribution in [0.4, 0.5) is 0 Å². The van der Waals surface area contributed by atoms with Gasteiger partial charge in [0, 0.05) is 30.1 Å². The second kappa shape index (κ2) is 11.8. The van der Waals surface area contributed by atoms with Crippen LogP contribution in [0.1, 0.15) is 60.3 Å². The fourth-order valence-electron chi connectivity index (χ4n) is 6.28. The van der Waals surface area contributed by atoms with Gasteiger partial charge in [-0.1, -0.05) is 44.1 Å². The number of hydrogen-bond acceptors (Lipinski definition) is 8. The van der Waals surface area contributed by atoms with Crippen LogP contribution in [0.2, 0.25) is 0 Å². The highest BCUT2D eigenvalue weighted by molar-refractivity contribution is 8.00. The molecule has 2 aliphatic carbocycles. The Bertz CT molecular complexity index is 989. The molecule has 1 fully saturated rings. The van der Waals surface area contributed by atoms with Gasteiger partial charge in [0.25, 0.3) is 0 Å². The number of allylic oxidation sites excluding steroid dienone is 4. The van der Waals surface area contributed by atoms with Crippen molar-refractivity contribution >= 4 is 35.2 Å². The highest BCUT2D eigenvalue weighted by Gasteiger charge is 2.66. The van der Waals surface area contributed by atoms with Gasteiger partial charge in [0.2, 0.25) is 5.91 Å². The second-order valence-corrected chi connectivity index (χ2v) is 12.5. The molecule has 1 amide bonds. The zero-order valence-corrected chi connectivity index (χ0v) is 23.5. The molecule has 1 spiro atoms. The number of hydrogen-bond donors (Lipinski definition) is 3. The lowest BCUT2D eigenvalue weighted by Gasteiger charge is -2.46. The van der Waals surface area contributed by atoms with Crippen LogP contribution in [0.15, 0.2) is 23.3 Å². The zero-order chi connectivity index (χ0) is 27.7. The molecule has 1 saturated heterocycles. The molecule has 0 radical (unpaired) electrons. The molecular weight excluding hydrogens is 494 g/mol. The summed E-state index contributed by atoms with van der Waals surface area (Å²) in [7, 11) is 1.16. The number of aliphatic hydroxyl groups excluding tert-OH is 2. The van der Waals surface area contributed by atoms with Gasteiger partial charge in [0.15, 0.2) is 17.7 Å². The van der Waals surface area contributed by atoms with Gasteiger partial charge in [-0.3, -0.25) is 14.4 Å². The minimum Gasteiger partial charge on any atom is -0.467 e. The number of ketones is 2. The van der Waals surface area contributed by atoms with Crippen molar-refractivity contribution in [1.82, 2.24) is 5.32 Å². The number of ether oxygens (including phenoxy) is 1. The first-order valence-electron chi connectivity index (χ1n) is 13.1. The third-order valence-electron chi connectivity index (χ3n) is 8.27. The molecule has 3 N–H and O–H groups in total. The van der Waals surface area contributed by atoms with E-state index in [1.54, 1.807) is 0 Å². The maximum atomic E-state index is 14.6. The molecule has 1 aliphatic heterocycles. The molecule has 0 unspecified atom stereocenters. The molecular formula is C28H41NO7S. The largest absolute Gasteiger partial charge is 0.467 e. The number of carbonyl (C=O) groups is 4. The van der Waals surface area contributed by atoms with E-state index in [0.717, 1.165) is 36.4 Å². The minimum absolute atomic E-state index is 0.0469. The number of esters is 1. The molecule has 9 heteroatoms. The molecule has 0 bridgehead atoms. The van der Waals surface area contributed by atoms with Crippen LogP contribution in [0.5, 0.6) is 0 Å². The predicted molar refractivity (Wildman–Crippen MR) is 142 cm³/mol. The van der Waals surface area contributed by atoms with Crippen molar-refractivity contribution in [3.8, 4) is 0 Å². The summed E-state index contributed by atoms with van der Waals surface area (Å²) in [5.41, 5.74) is 0.598. The van der Waals surface area contributed by atoms with Crippen LogP contribution >= 0.6 is 11.8 Å². The first kappa shape index (κ1) is 29.6. The summed E-state index contributed by atoms with van der Waals surface area (Å²) in [5.74, 6) is -2.77. The monoisotopic (exact) mass is 535 g/mol. The molecule has 0 aromatic rings. The van der Waals surface area contributed by atoms with Crippen molar-refractivity contribution in [2.45, 2.75) is 83.8 Å². The second-order valence-electron chi connectivity index (χ2n) is 11.3. The van der Waals surface area contributed by atoms with E-state index in [2.05, 4.69) is 30.8 Å². The number of methoxy groups -OCH3 is 1. The van der Waals surface area contributed by atoms with Crippen molar-refractivity contribution in [2.75, 3.05) is 12.9 Å². The van der Waals surface area contributed by atoms with E-state index in [-0.39, 0.29) is 48.2 Å². The lowest BCUT2D eigenvalue weighted by atomic mass is 9.54. The molecule has 3 rings (SSSR count). The molecule has 3 aliphatic rings. The van der Waals surface area contributed by atoms with Crippen LogP contribution in [0, 0.1) is 29.1 Å². The Hall–Kier alpha value is -1.97. The van der Waals surface area contributed by atoms with Crippen molar-refractivity contribution in [3.05, 3.63) is 23.3 Å². The Kier molecular flexibility index (Phi) is 9.46. The average Bonchev–Trinajstić information content (AvgIpc) is 3.12. The third-order valence-corrected chi connectivity index (χ3v) is 9.56. The van der Waals surface area contributed by atoms with E-state index in [1.807, 2.05) is 26.0 Å². The van der Waals surface area contributed by atoms with Crippen molar-refractivity contribution in [2.24, 2.45) is 29.1 Å². The fraction of sp³-hybridized carbons (Fsp3) is 0.714. The van der Waals surface area contributed by atoms with Crippen molar-refractivity contribution in [3.63, 3.8) is 0 Å². The Balaban J connectivity index is 2.17. The standard InChI is InChI=1S/C28H41NO7S/c1-14(2)9-19-24-17(5)16(4)11-18-10-15(3)7-8-20(30)21(31)12-23(37-13-22(32)26(34)36-6)25(33)28(18,24)27(35)29-19/h10-11,14,17-20,22-24,30,32H,7-9,12-13H2,1-6H3,(H,29,35)/b15-10-/t17-,18+,19+,20-,22-,23-,24+,28+/m1/s1. The molecule has 0 saturated carbocycles. The SMILES string of the molecule is COC(=O)[C@H](O)CS[C@@H]1CC(=O)[C@H](O)CC/C(C)=C\[C@H]2C=C(C)[C@@H](C)[C@H]3[C@H](CC(C)C)NC(=O)[C@]32C1=O. The molecule has 0 aromatic carbocycles. The number of nitrogens with one attached hydrogen (secondary N) is 1. The van der Waals surface area contributed by atoms with Crippen LogP contribution in [0.25, 0.3) is 0 Å². The highest BCUT2D eigenvalue weighted by Crippen LogP contribution is 2.56. The quantitative estimate of drug-likeness (QED) is 0.269. The third kappa shape index (κ3) is 5.73. The molecule has 0 aromatic heterocycles. The lowest BCUT2D eigenvalue weighted by molar-refractivity contribution is -0.149. The Morgan fingerprint density at radius 2 is 1.92 bits per heavy atom. The normalized spacial score (nSPS) is 36.9. The highest BCUT2D eigenvalue weighted by atomic mass is 32.2. The Morgan fingerprint density at radius 3 is 2.54 bits per heavy atom. The Labute approximate surface area is 223 Å². The molecule has 206 valence electrons. The number of thioether (sulfide) groups is 1. The minimum atomic E-state index is -1.48. The van der Waals surface area contributed by atoms with Crippen LogP contribution in [-0.4, -0.2) is 70.0 Å². The summed E-state index contributed by atoms with van der Waals surface area (Å²) in [6.07, 6.45) is 2.39. The van der Waals surface area contributed by atoms with Gasteiger partial charge in [-0.05, 0) is 44.9 Å². The van der Waals surface area contributed by atoms with E-state index in [1.165, 1.54) is 0 Å². The summed E-state index contributed by atoms with van der Waals surface area (Å²) >= 11 is 0.974. The number of aliphatic hydroxyl groups is 2. The summed E-state index contributed by atoms with van der Waals surface area (Å²) in [6.45, 7) is 10.2. The number of amides is 1. The predicted octanol–water partition coefficient (Wildman–Crippen LogP) is 2.61. The average molecular weight is 536 g/mol. The zero-order valence-electron chi connectivity index (χ0n) is 22.7. The number of Topliss-reactive ketones (excluding diaryl/α,β-unsaturated/α-hetero) is 2. The van der Waals surface area contributed by atoms with E-state index < -0.39 is 40.5 Å². The Morgan fingerprint density at radius 1 is 1.24 bits per heavy atom. The maximum absolute atomic E-state index is 14.6. The van der Waals surface area contributed by atoms with Gasteiger partial charge in [-0.15, -0.1) is 11.8 Å². The number of carbonyl (C=O) groups excluding carboxylic acids is 4. The summed E-state index contributed by atoms with van der Waals surface area (Å²) in [4.78, 5) is 53.5. The van der Waals surface area contributed by atoms with Gasteiger partial charge >= 0.3 is 5.97 Å². The summed E-state index contributed by atoms with van der Waals surface area (Å²) < 4.78 is 4.60. The molecule has 8 atom stereocenters. The first-order valence-corrected chi connectivity index (χ1v) is 14.2. The van der Waals surface area contributed by atoms with Gasteiger partial charge in [-0.2, -0.15) is 0 Å². The van der Waals surface area contributed by atoms with E-state index >= 15 is 0 Å². The van der Waals surface area contributed by atoms with E-state index in [9.17, 15) is 29.4 Å². The van der Waals surface area contributed by atoms with E-state index in [0.29, 0.717) is 12.3 Å². The van der Waals surface area contributed by atoms with E-state index in [4.69, 9.17) is 0 Å². The summed E-state index contributed by atoms with van der Waals surface area (Å²) in [5, 5.41) is 22.9. The molecule has 1 heterocycles. The number of rotatable bonds is 6. The van der Waals surface area contributed by atoms with Gasteiger partial charge in [-0.25, -0.2) is 4.79 Å². The van der Waals surface area contributed by atoms with Crippen LogP contribution < -0.4 is 5.32 Å². The first-order chi connectivity index (χ1) is 17.3.